The van der Waals surface area contributed by atoms with Crippen LogP contribution >= 0.6 is 11.6 Å². The van der Waals surface area contributed by atoms with E-state index in [2.05, 4.69) is 10.6 Å². The maximum atomic E-state index is 11.5. The van der Waals surface area contributed by atoms with Gasteiger partial charge in [0.05, 0.1) is 18.5 Å². The smallest absolute Gasteiger partial charge is 0.234 e. The van der Waals surface area contributed by atoms with Crippen molar-refractivity contribution in [3.63, 3.8) is 0 Å². The molecule has 1 fully saturated rings. The lowest BCUT2D eigenvalue weighted by molar-refractivity contribution is -0.127. The molecule has 2 amide bonds. The number of hydrogen-bond acceptors (Lipinski definition) is 4. The van der Waals surface area contributed by atoms with Gasteiger partial charge in [-0.25, -0.2) is 0 Å². The summed E-state index contributed by atoms with van der Waals surface area (Å²) >= 11 is 5.46. The molecule has 0 bridgehead atoms. The van der Waals surface area contributed by atoms with Crippen LogP contribution in [0.1, 0.15) is 12.8 Å². The van der Waals surface area contributed by atoms with Gasteiger partial charge in [-0.1, -0.05) is 0 Å². The van der Waals surface area contributed by atoms with Crippen molar-refractivity contribution in [2.24, 2.45) is 11.7 Å². The average Bonchev–Trinajstić information content (AvgIpc) is 2.73. The molecule has 0 spiro atoms. The van der Waals surface area contributed by atoms with Crippen LogP contribution in [0.3, 0.4) is 0 Å². The highest BCUT2D eigenvalue weighted by Crippen LogP contribution is 2.16. The Morgan fingerprint density at radius 3 is 2.76 bits per heavy atom. The van der Waals surface area contributed by atoms with Crippen molar-refractivity contribution in [2.75, 3.05) is 19.0 Å². The molecule has 1 aliphatic rings. The first-order valence-electron chi connectivity index (χ1n) is 5.44. The van der Waals surface area contributed by atoms with Crippen molar-refractivity contribution in [3.8, 4) is 0 Å². The fourth-order valence-corrected chi connectivity index (χ4v) is 1.96. The lowest BCUT2D eigenvalue weighted by Crippen LogP contribution is -2.45. The van der Waals surface area contributed by atoms with Crippen molar-refractivity contribution in [1.82, 2.24) is 10.6 Å². The number of alkyl halides is 1. The SMILES string of the molecule is NCC(=O)N[C@@H](CC1CCNC1=O)C(=O)CCl. The first-order valence-corrected chi connectivity index (χ1v) is 5.97. The Morgan fingerprint density at radius 2 is 2.29 bits per heavy atom. The molecule has 0 aromatic heterocycles. The molecule has 96 valence electrons. The number of nitrogens with one attached hydrogen (secondary N) is 2. The molecule has 1 rings (SSSR count). The summed E-state index contributed by atoms with van der Waals surface area (Å²) in [7, 11) is 0. The highest BCUT2D eigenvalue weighted by Gasteiger charge is 2.30. The number of Topliss-reactive ketones (excluding diaryl/α,β-unsaturated/α-hetero) is 1. The Hall–Kier alpha value is -1.14. The molecule has 2 atom stereocenters. The minimum Gasteiger partial charge on any atom is -0.356 e. The number of halogens is 1. The number of carbonyl (C=O) groups excluding carboxylic acids is 3. The largest absolute Gasteiger partial charge is 0.356 e. The number of hydrogen-bond donors (Lipinski definition) is 3. The van der Waals surface area contributed by atoms with Crippen molar-refractivity contribution in [1.29, 1.82) is 0 Å². The lowest BCUT2D eigenvalue weighted by Gasteiger charge is -2.18. The van der Waals surface area contributed by atoms with Gasteiger partial charge >= 0.3 is 0 Å². The fraction of sp³-hybridized carbons (Fsp3) is 0.700. The third kappa shape index (κ3) is 3.98. The van der Waals surface area contributed by atoms with Crippen molar-refractivity contribution in [3.05, 3.63) is 0 Å². The third-order valence-electron chi connectivity index (χ3n) is 2.72. The van der Waals surface area contributed by atoms with Crippen molar-refractivity contribution >= 4 is 29.2 Å². The zero-order chi connectivity index (χ0) is 12.8. The van der Waals surface area contributed by atoms with Gasteiger partial charge in [-0.15, -0.1) is 11.6 Å². The second-order valence-corrected chi connectivity index (χ2v) is 4.20. The molecule has 0 aliphatic carbocycles. The lowest BCUT2D eigenvalue weighted by atomic mass is 9.96. The van der Waals surface area contributed by atoms with Crippen LogP contribution < -0.4 is 16.4 Å². The summed E-state index contributed by atoms with van der Waals surface area (Å²) in [6.07, 6.45) is 0.951. The van der Waals surface area contributed by atoms with Gasteiger partial charge in [0.25, 0.3) is 0 Å². The minimum absolute atomic E-state index is 0.0839. The highest BCUT2D eigenvalue weighted by molar-refractivity contribution is 6.28. The minimum atomic E-state index is -0.725. The molecule has 1 aliphatic heterocycles. The molecule has 1 unspecified atom stereocenters. The van der Waals surface area contributed by atoms with E-state index in [1.54, 1.807) is 0 Å². The molecule has 0 aromatic rings. The predicted octanol–water partition coefficient (Wildman–Crippen LogP) is -1.24. The van der Waals surface area contributed by atoms with Crippen LogP contribution in [0.25, 0.3) is 0 Å². The average molecular weight is 262 g/mol. The Bertz CT molecular complexity index is 322. The molecule has 6 nitrogen and oxygen atoms in total. The van der Waals surface area contributed by atoms with E-state index in [0.717, 1.165) is 0 Å². The zero-order valence-electron chi connectivity index (χ0n) is 9.37. The van der Waals surface area contributed by atoms with Crippen LogP contribution in [-0.4, -0.2) is 42.6 Å². The Balaban J connectivity index is 2.59. The molecule has 7 heteroatoms. The van der Waals surface area contributed by atoms with E-state index in [9.17, 15) is 14.4 Å². The zero-order valence-corrected chi connectivity index (χ0v) is 10.1. The number of ketones is 1. The number of amides is 2. The van der Waals surface area contributed by atoms with Gasteiger partial charge in [0.2, 0.25) is 11.8 Å². The summed E-state index contributed by atoms with van der Waals surface area (Å²) in [5.41, 5.74) is 5.16. The summed E-state index contributed by atoms with van der Waals surface area (Å²) in [5, 5.41) is 5.17. The molecule has 0 saturated carbocycles. The summed E-state index contributed by atoms with van der Waals surface area (Å²) in [4.78, 5) is 34.1. The second kappa shape index (κ2) is 6.56. The van der Waals surface area contributed by atoms with Gasteiger partial charge in [-0.2, -0.15) is 0 Å². The van der Waals surface area contributed by atoms with Crippen LogP contribution in [-0.2, 0) is 14.4 Å². The Morgan fingerprint density at radius 1 is 1.59 bits per heavy atom. The number of rotatable bonds is 6. The molecule has 1 heterocycles. The van der Waals surface area contributed by atoms with E-state index in [4.69, 9.17) is 17.3 Å². The van der Waals surface area contributed by atoms with Crippen molar-refractivity contribution < 1.29 is 14.4 Å². The third-order valence-corrected chi connectivity index (χ3v) is 2.99. The second-order valence-electron chi connectivity index (χ2n) is 3.94. The molecule has 1 saturated heterocycles. The summed E-state index contributed by atoms with van der Waals surface area (Å²) in [6.45, 7) is 0.416. The van der Waals surface area contributed by atoms with E-state index < -0.39 is 11.9 Å². The van der Waals surface area contributed by atoms with Gasteiger partial charge < -0.3 is 16.4 Å². The highest BCUT2D eigenvalue weighted by atomic mass is 35.5. The molecule has 0 radical (unpaired) electrons. The van der Waals surface area contributed by atoms with Crippen LogP contribution in [0.15, 0.2) is 0 Å². The molecular weight excluding hydrogens is 246 g/mol. The first kappa shape index (κ1) is 13.9. The van der Waals surface area contributed by atoms with Gasteiger partial charge in [0, 0.05) is 12.5 Å². The Kier molecular flexibility index (Phi) is 5.37. The van der Waals surface area contributed by atoms with E-state index >= 15 is 0 Å². The number of nitrogens with two attached hydrogens (primary N) is 1. The van der Waals surface area contributed by atoms with Gasteiger partial charge in [-0.05, 0) is 12.8 Å². The summed E-state index contributed by atoms with van der Waals surface area (Å²) < 4.78 is 0. The van der Waals surface area contributed by atoms with Gasteiger partial charge in [-0.3, -0.25) is 14.4 Å². The monoisotopic (exact) mass is 261 g/mol. The predicted molar refractivity (Wildman–Crippen MR) is 62.4 cm³/mol. The van der Waals surface area contributed by atoms with E-state index in [1.165, 1.54) is 0 Å². The molecule has 4 N–H and O–H groups in total. The Labute approximate surface area is 104 Å². The normalized spacial score (nSPS) is 20.8. The molecular formula is C10H16ClN3O3. The topological polar surface area (TPSA) is 101 Å². The number of carbonyl (C=O) groups is 3. The maximum Gasteiger partial charge on any atom is 0.234 e. The first-order chi connectivity index (χ1) is 8.08. The van der Waals surface area contributed by atoms with E-state index in [-0.39, 0.29) is 36.5 Å². The van der Waals surface area contributed by atoms with Gasteiger partial charge in [0.15, 0.2) is 5.78 Å². The van der Waals surface area contributed by atoms with Gasteiger partial charge in [0.1, 0.15) is 0 Å². The van der Waals surface area contributed by atoms with Crippen LogP contribution in [0.5, 0.6) is 0 Å². The van der Waals surface area contributed by atoms with E-state index in [0.29, 0.717) is 13.0 Å². The summed E-state index contributed by atoms with van der Waals surface area (Å²) in [5.74, 6) is -1.24. The van der Waals surface area contributed by atoms with Crippen LogP contribution in [0.4, 0.5) is 0 Å². The maximum absolute atomic E-state index is 11.5. The summed E-state index contributed by atoms with van der Waals surface area (Å²) in [6, 6.07) is -0.725. The van der Waals surface area contributed by atoms with E-state index in [1.807, 2.05) is 0 Å². The quantitative estimate of drug-likeness (QED) is 0.521. The molecule has 17 heavy (non-hydrogen) atoms. The van der Waals surface area contributed by atoms with Crippen molar-refractivity contribution in [2.45, 2.75) is 18.9 Å². The standard InChI is InChI=1S/C10H16ClN3O3/c11-4-8(15)7(14-9(16)5-12)3-6-1-2-13-10(6)17/h6-7H,1-5,12H2,(H,13,17)(H,14,16)/t6?,7-/m0/s1. The molecule has 0 aromatic carbocycles. The van der Waals surface area contributed by atoms with Crippen LogP contribution in [0, 0.1) is 5.92 Å². The van der Waals surface area contributed by atoms with Crippen LogP contribution in [0.2, 0.25) is 0 Å². The fourth-order valence-electron chi connectivity index (χ4n) is 1.77.